The molecule has 0 aliphatic carbocycles. The summed E-state index contributed by atoms with van der Waals surface area (Å²) >= 11 is 0. The summed E-state index contributed by atoms with van der Waals surface area (Å²) in [5.74, 6) is 4.21. The first-order valence-electron chi connectivity index (χ1n) is 20.8. The van der Waals surface area contributed by atoms with Crippen molar-refractivity contribution in [3.05, 3.63) is 117 Å². The van der Waals surface area contributed by atoms with Gasteiger partial charge in [-0.1, -0.05) is 0 Å². The van der Waals surface area contributed by atoms with Gasteiger partial charge in [0.1, 0.15) is 46.0 Å². The lowest BCUT2D eigenvalue weighted by Crippen LogP contribution is -2.31. The summed E-state index contributed by atoms with van der Waals surface area (Å²) in [7, 11) is 4.68. The molecule has 0 atom stereocenters. The minimum atomic E-state index is -4.03. The van der Waals surface area contributed by atoms with Crippen LogP contribution in [0.2, 0.25) is 0 Å². The Hall–Kier alpha value is -5.82. The molecule has 0 aliphatic rings. The predicted octanol–water partition coefficient (Wildman–Crippen LogP) is 9.17. The Bertz CT molecular complexity index is 2470. The number of rotatable bonds is 15. The molecule has 0 spiro atoms. The molecule has 338 valence electrons. The molecule has 0 saturated carbocycles. The van der Waals surface area contributed by atoms with Gasteiger partial charge in [0.25, 0.3) is 0 Å². The Labute approximate surface area is 378 Å². The highest BCUT2D eigenvalue weighted by atomic mass is 31.2. The van der Waals surface area contributed by atoms with E-state index in [1.54, 1.807) is 81.1 Å². The van der Waals surface area contributed by atoms with Crippen molar-refractivity contribution < 1.29 is 47.0 Å². The van der Waals surface area contributed by atoms with Crippen LogP contribution in [0.3, 0.4) is 0 Å². The van der Waals surface area contributed by atoms with Crippen molar-refractivity contribution in [1.29, 1.82) is 0 Å². The van der Waals surface area contributed by atoms with E-state index in [0.717, 1.165) is 44.5 Å². The minimum Gasteiger partial charge on any atom is -0.497 e. The Morgan fingerprint density at radius 1 is 0.297 bits per heavy atom. The van der Waals surface area contributed by atoms with Gasteiger partial charge >= 0.3 is 0 Å². The molecule has 0 aromatic heterocycles. The van der Waals surface area contributed by atoms with E-state index in [2.05, 4.69) is 0 Å². The highest BCUT2D eigenvalue weighted by Crippen LogP contribution is 2.55. The molecule has 0 fully saturated rings. The van der Waals surface area contributed by atoms with Gasteiger partial charge in [-0.25, -0.2) is 0 Å². The monoisotopic (exact) mass is 906 g/mol. The Morgan fingerprint density at radius 2 is 0.516 bits per heavy atom. The number of hydrogen-bond donors (Lipinski definition) is 0. The predicted molar refractivity (Wildman–Crippen MR) is 261 cm³/mol. The van der Waals surface area contributed by atoms with Crippen molar-refractivity contribution in [3.8, 4) is 57.1 Å². The van der Waals surface area contributed by atoms with Crippen LogP contribution in [-0.4, -0.2) is 56.9 Å². The molecule has 0 bridgehead atoms. The van der Waals surface area contributed by atoms with Crippen LogP contribution in [0.15, 0.2) is 72.8 Å². The van der Waals surface area contributed by atoms with Crippen LogP contribution in [0.4, 0.5) is 0 Å². The second-order valence-corrected chi connectivity index (χ2v) is 21.6. The summed E-state index contributed by atoms with van der Waals surface area (Å²) in [4.78, 5) is 0. The number of methoxy groups -OCH3 is 8. The lowest BCUT2D eigenvalue weighted by molar-refractivity contribution is 0.392. The molecule has 10 nitrogen and oxygen atoms in total. The van der Waals surface area contributed by atoms with E-state index in [-0.39, 0.29) is 0 Å². The van der Waals surface area contributed by atoms with Crippen LogP contribution < -0.4 is 69.7 Å². The van der Waals surface area contributed by atoms with Gasteiger partial charge in [-0.15, -0.1) is 0 Å². The summed E-state index contributed by atoms with van der Waals surface area (Å²) in [5, 5.41) is 2.93. The van der Waals surface area contributed by atoms with Crippen LogP contribution >= 0.6 is 14.3 Å². The Morgan fingerprint density at radius 3 is 0.688 bits per heavy atom. The molecule has 0 N–H and O–H groups in total. The SMILES string of the molecule is COc1cc(OC)c(-c2c(OC)cc(OC)cc2P(=O)(c2cc(C)c(OC)c(C)c2)c2cc(C)c(OC)c(C)c2)c(P(=O)(c2cc(C)c(OC)c(C)c2)c2cc(C)c(OC)c(C)c2)c1. The van der Waals surface area contributed by atoms with Crippen LogP contribution in [0.5, 0.6) is 46.0 Å². The first kappa shape index (κ1) is 47.7. The van der Waals surface area contributed by atoms with Crippen LogP contribution in [-0.2, 0) is 9.13 Å². The zero-order valence-corrected chi connectivity index (χ0v) is 41.7. The van der Waals surface area contributed by atoms with Gasteiger partial charge in [0, 0.05) is 55.1 Å². The van der Waals surface area contributed by atoms with E-state index in [1.807, 2.05) is 104 Å². The number of aryl methyl sites for hydroxylation is 8. The van der Waals surface area contributed by atoms with Gasteiger partial charge in [0.15, 0.2) is 14.3 Å². The third-order valence-electron chi connectivity index (χ3n) is 12.0. The molecule has 64 heavy (non-hydrogen) atoms. The normalized spacial score (nSPS) is 11.6. The smallest absolute Gasteiger partial charge is 0.171 e. The number of hydrogen-bond acceptors (Lipinski definition) is 10. The van der Waals surface area contributed by atoms with Crippen molar-refractivity contribution >= 4 is 46.1 Å². The van der Waals surface area contributed by atoms with Crippen LogP contribution in [0, 0.1) is 55.4 Å². The summed E-state index contributed by atoms with van der Waals surface area (Å²) < 4.78 is 82.6. The fourth-order valence-corrected chi connectivity index (χ4v) is 15.7. The second kappa shape index (κ2) is 18.7. The molecule has 0 radical (unpaired) electrons. The standard InChI is InChI=1S/C52H60O10P2/c1-29-17-39(18-30(2)49(29)59-13)63(53,40-19-31(3)50(60-14)32(4)20-40)45-27-37(55-9)25-43(57-11)47(45)48-44(58-12)26-38(56-10)28-46(48)64(54,41-21-33(5)51(61-15)34(6)22-41)42-23-35(7)52(62-16)36(8)24-42/h17-28H,1-16H3. The largest absolute Gasteiger partial charge is 0.497 e. The minimum absolute atomic E-state index is 0.318. The van der Waals surface area contributed by atoms with E-state index in [1.165, 1.54) is 0 Å². The average Bonchev–Trinajstić information content (AvgIpc) is 3.26. The van der Waals surface area contributed by atoms with Crippen molar-refractivity contribution in [2.24, 2.45) is 0 Å². The van der Waals surface area contributed by atoms with Crippen LogP contribution in [0.1, 0.15) is 44.5 Å². The summed E-state index contributed by atoms with van der Waals surface area (Å²) in [6.07, 6.45) is 0. The van der Waals surface area contributed by atoms with Gasteiger partial charge in [0.05, 0.1) is 56.9 Å². The van der Waals surface area contributed by atoms with Crippen molar-refractivity contribution in [2.45, 2.75) is 55.4 Å². The molecule has 0 saturated heterocycles. The van der Waals surface area contributed by atoms with Gasteiger partial charge < -0.3 is 47.0 Å². The molecule has 0 heterocycles. The quantitative estimate of drug-likeness (QED) is 0.0927. The zero-order chi connectivity index (χ0) is 47.0. The first-order chi connectivity index (χ1) is 30.4. The molecule has 6 rings (SSSR count). The summed E-state index contributed by atoms with van der Waals surface area (Å²) in [6, 6.07) is 22.4. The fourth-order valence-electron chi connectivity index (χ4n) is 9.29. The number of benzene rings is 6. The van der Waals surface area contributed by atoms with Gasteiger partial charge in [-0.05, 0) is 161 Å². The Balaban J connectivity index is 1.93. The third kappa shape index (κ3) is 8.01. The number of ether oxygens (including phenoxy) is 8. The van der Waals surface area contributed by atoms with Crippen molar-refractivity contribution in [3.63, 3.8) is 0 Å². The second-order valence-electron chi connectivity index (χ2n) is 16.1. The van der Waals surface area contributed by atoms with Gasteiger partial charge in [-0.3, -0.25) is 0 Å². The molecular weight excluding hydrogens is 847 g/mol. The maximum absolute atomic E-state index is 17.3. The lowest BCUT2D eigenvalue weighted by atomic mass is 10.0. The maximum atomic E-state index is 17.3. The van der Waals surface area contributed by atoms with E-state index < -0.39 is 14.3 Å². The van der Waals surface area contributed by atoms with E-state index >= 15 is 9.13 Å². The topological polar surface area (TPSA) is 108 Å². The van der Waals surface area contributed by atoms with Crippen molar-refractivity contribution in [2.75, 3.05) is 56.9 Å². The van der Waals surface area contributed by atoms with Gasteiger partial charge in [-0.2, -0.15) is 0 Å². The first-order valence-corrected chi connectivity index (χ1v) is 24.2. The molecule has 0 unspecified atom stereocenters. The average molecular weight is 907 g/mol. The Kier molecular flexibility index (Phi) is 13.9. The molecule has 6 aromatic rings. The van der Waals surface area contributed by atoms with Crippen LogP contribution in [0.25, 0.3) is 11.1 Å². The summed E-state index contributed by atoms with van der Waals surface area (Å²) in [6.45, 7) is 15.5. The van der Waals surface area contributed by atoms with E-state index in [4.69, 9.17) is 37.9 Å². The summed E-state index contributed by atoms with van der Waals surface area (Å²) in [5.41, 5.74) is 7.25. The highest BCUT2D eigenvalue weighted by Gasteiger charge is 2.42. The fraction of sp³-hybridized carbons (Fsp3) is 0.308. The van der Waals surface area contributed by atoms with Crippen molar-refractivity contribution in [1.82, 2.24) is 0 Å². The van der Waals surface area contributed by atoms with E-state index in [9.17, 15) is 0 Å². The third-order valence-corrected chi connectivity index (χ3v) is 18.0. The highest BCUT2D eigenvalue weighted by molar-refractivity contribution is 7.86. The van der Waals surface area contributed by atoms with Gasteiger partial charge in [0.2, 0.25) is 0 Å². The lowest BCUT2D eigenvalue weighted by Gasteiger charge is -2.30. The zero-order valence-electron chi connectivity index (χ0n) is 39.9. The maximum Gasteiger partial charge on any atom is 0.171 e. The molecule has 0 aliphatic heterocycles. The molecule has 6 aromatic carbocycles. The van der Waals surface area contributed by atoms with E-state index in [0.29, 0.717) is 89.0 Å². The molecule has 0 amide bonds. The molecule has 12 heteroatoms. The molecular formula is C52H60O10P2.